The van der Waals surface area contributed by atoms with E-state index in [4.69, 9.17) is 4.74 Å². The normalized spacial score (nSPS) is 10.7. The number of nitrogens with zero attached hydrogens (tertiary/aromatic N) is 3. The van der Waals surface area contributed by atoms with Gasteiger partial charge in [-0.25, -0.2) is 15.3 Å². The molecule has 0 aliphatic heterocycles. The van der Waals surface area contributed by atoms with Gasteiger partial charge in [-0.3, -0.25) is 24.7 Å². The Morgan fingerprint density at radius 2 is 2.22 bits per heavy atom. The van der Waals surface area contributed by atoms with E-state index in [0.29, 0.717) is 0 Å². The van der Waals surface area contributed by atoms with Crippen LogP contribution < -0.4 is 21.4 Å². The summed E-state index contributed by atoms with van der Waals surface area (Å²) in [5.74, 6) is -1.30. The summed E-state index contributed by atoms with van der Waals surface area (Å²) >= 11 is 0. The predicted molar refractivity (Wildman–Crippen MR) is 90.8 cm³/mol. The zero-order valence-corrected chi connectivity index (χ0v) is 13.9. The fraction of sp³-hybridized carbons (Fsp3) is 0.214. The Bertz CT molecular complexity index is 1010. The van der Waals surface area contributed by atoms with Crippen LogP contribution in [-0.2, 0) is 11.2 Å². The molecule has 2 rings (SSSR count). The van der Waals surface area contributed by atoms with Crippen LogP contribution in [0.5, 0.6) is 11.5 Å². The Morgan fingerprint density at radius 3 is 2.85 bits per heavy atom. The van der Waals surface area contributed by atoms with Crippen molar-refractivity contribution in [3.8, 4) is 11.5 Å². The first-order valence-corrected chi connectivity index (χ1v) is 7.37. The number of hydrogen-bond donors (Lipinski definition) is 4. The predicted octanol–water partition coefficient (Wildman–Crippen LogP) is -0.837. The molecular weight excluding hydrogens is 364 g/mol. The van der Waals surface area contributed by atoms with Gasteiger partial charge >= 0.3 is 11.4 Å². The molecule has 27 heavy (non-hydrogen) atoms. The number of ether oxygens (including phenoxy) is 1. The molecule has 142 valence electrons. The first-order chi connectivity index (χ1) is 12.8. The van der Waals surface area contributed by atoms with Gasteiger partial charge in [-0.1, -0.05) is 0 Å². The highest BCUT2D eigenvalue weighted by atomic mass is 16.6. The number of carbonyl (C=O) groups is 1. The number of nitro benzene ring substituents is 1. The molecule has 13 heteroatoms. The molecule has 0 unspecified atom stereocenters. The molecule has 1 aromatic carbocycles. The van der Waals surface area contributed by atoms with E-state index in [1.54, 1.807) is 0 Å². The number of H-pyrrole nitrogens is 2. The molecule has 0 aliphatic rings. The number of aryl methyl sites for hydroxylation is 1. The quantitative estimate of drug-likeness (QED) is 0.272. The third kappa shape index (κ3) is 4.97. The molecule has 0 fully saturated rings. The third-order valence-electron chi connectivity index (χ3n) is 3.27. The third-order valence-corrected chi connectivity index (χ3v) is 3.27. The summed E-state index contributed by atoms with van der Waals surface area (Å²) in [5.41, 5.74) is 0.334. The van der Waals surface area contributed by atoms with Crippen molar-refractivity contribution in [2.24, 2.45) is 5.10 Å². The van der Waals surface area contributed by atoms with E-state index in [0.717, 1.165) is 12.3 Å². The van der Waals surface area contributed by atoms with E-state index in [1.807, 2.05) is 10.1 Å². The van der Waals surface area contributed by atoms with E-state index in [-0.39, 0.29) is 29.8 Å². The van der Waals surface area contributed by atoms with E-state index < -0.39 is 33.5 Å². The van der Waals surface area contributed by atoms with E-state index in [1.165, 1.54) is 13.2 Å². The van der Waals surface area contributed by atoms with Crippen LogP contribution in [0.15, 0.2) is 26.8 Å². The van der Waals surface area contributed by atoms with Gasteiger partial charge < -0.3 is 9.84 Å². The van der Waals surface area contributed by atoms with Gasteiger partial charge in [0, 0.05) is 24.5 Å². The standard InChI is InChI=1S/C14H14N6O7/c1-27-10-5-7(4-9(12(10)22)20(25)26)6-15-18-11(21)3-2-8-13(23)16-14(24)19-17-8/h4-6,22H,2-3H2,1H3,(H,18,21)(H2,16,19,23,24). The van der Waals surface area contributed by atoms with Crippen molar-refractivity contribution in [1.82, 2.24) is 20.6 Å². The monoisotopic (exact) mass is 378 g/mol. The van der Waals surface area contributed by atoms with Crippen molar-refractivity contribution < 1.29 is 19.6 Å². The molecule has 2 aromatic rings. The largest absolute Gasteiger partial charge is 0.500 e. The zero-order valence-electron chi connectivity index (χ0n) is 13.9. The van der Waals surface area contributed by atoms with Crippen LogP contribution in [0.4, 0.5) is 5.69 Å². The lowest BCUT2D eigenvalue weighted by molar-refractivity contribution is -0.386. The molecule has 13 nitrogen and oxygen atoms in total. The van der Waals surface area contributed by atoms with Gasteiger partial charge in [0.05, 0.1) is 18.2 Å². The maximum absolute atomic E-state index is 11.7. The number of carbonyl (C=O) groups excluding carboxylic acids is 1. The average molecular weight is 378 g/mol. The maximum atomic E-state index is 11.7. The second kappa shape index (κ2) is 8.37. The summed E-state index contributed by atoms with van der Waals surface area (Å²) in [6.45, 7) is 0. The van der Waals surface area contributed by atoms with E-state index >= 15 is 0 Å². The molecule has 1 heterocycles. The second-order valence-corrected chi connectivity index (χ2v) is 5.09. The number of aromatic amines is 2. The van der Waals surface area contributed by atoms with Crippen LogP contribution in [0.2, 0.25) is 0 Å². The summed E-state index contributed by atoms with van der Waals surface area (Å²) in [7, 11) is 1.23. The fourth-order valence-corrected chi connectivity index (χ4v) is 1.99. The van der Waals surface area contributed by atoms with Crippen LogP contribution >= 0.6 is 0 Å². The number of hydrogen-bond acceptors (Lipinski definition) is 9. The molecule has 4 N–H and O–H groups in total. The Labute approximate surface area is 149 Å². The van der Waals surface area contributed by atoms with Gasteiger partial charge in [-0.05, 0) is 6.07 Å². The number of hydrazone groups is 1. The van der Waals surface area contributed by atoms with Gasteiger partial charge in [0.15, 0.2) is 5.75 Å². The topological polar surface area (TPSA) is 193 Å². The van der Waals surface area contributed by atoms with E-state index in [9.17, 15) is 29.6 Å². The van der Waals surface area contributed by atoms with Crippen LogP contribution in [0.25, 0.3) is 0 Å². The van der Waals surface area contributed by atoms with Gasteiger partial charge in [0.25, 0.3) is 5.56 Å². The number of nitrogens with one attached hydrogen (secondary N) is 3. The maximum Gasteiger partial charge on any atom is 0.342 e. The van der Waals surface area contributed by atoms with Crippen molar-refractivity contribution >= 4 is 17.8 Å². The number of amides is 1. The Balaban J connectivity index is 2.01. The summed E-state index contributed by atoms with van der Waals surface area (Å²) in [6, 6.07) is 2.35. The number of rotatable bonds is 7. The highest BCUT2D eigenvalue weighted by Crippen LogP contribution is 2.36. The van der Waals surface area contributed by atoms with Gasteiger partial charge in [0.2, 0.25) is 11.7 Å². The summed E-state index contributed by atoms with van der Waals surface area (Å²) in [4.78, 5) is 46.1. The second-order valence-electron chi connectivity index (χ2n) is 5.09. The molecule has 0 atom stereocenters. The minimum Gasteiger partial charge on any atom is -0.500 e. The number of phenols is 1. The number of aromatic nitrogens is 3. The van der Waals surface area contributed by atoms with Crippen LogP contribution in [0, 0.1) is 10.1 Å². The average Bonchev–Trinajstić information content (AvgIpc) is 2.61. The summed E-state index contributed by atoms with van der Waals surface area (Å²) < 4.78 is 4.84. The lowest BCUT2D eigenvalue weighted by Crippen LogP contribution is -2.28. The SMILES string of the molecule is COc1cc(C=NNC(=O)CCc2n[nH]c(=O)[nH]c2=O)cc([N+](=O)[O-])c1O. The Morgan fingerprint density at radius 1 is 1.48 bits per heavy atom. The van der Waals surface area contributed by atoms with Gasteiger partial charge in [0.1, 0.15) is 5.69 Å². The van der Waals surface area contributed by atoms with Crippen molar-refractivity contribution in [2.45, 2.75) is 12.8 Å². The zero-order chi connectivity index (χ0) is 20.0. The van der Waals surface area contributed by atoms with Crippen molar-refractivity contribution in [1.29, 1.82) is 0 Å². The molecule has 1 amide bonds. The van der Waals surface area contributed by atoms with Crippen molar-refractivity contribution in [2.75, 3.05) is 7.11 Å². The highest BCUT2D eigenvalue weighted by molar-refractivity contribution is 5.84. The number of nitro groups is 1. The molecular formula is C14H14N6O7. The minimum atomic E-state index is -0.789. The molecule has 0 radical (unpaired) electrons. The number of aromatic hydroxyl groups is 1. The van der Waals surface area contributed by atoms with Crippen LogP contribution in [-0.4, -0.2) is 44.4 Å². The highest BCUT2D eigenvalue weighted by Gasteiger charge is 2.19. The Kier molecular flexibility index (Phi) is 5.98. The molecule has 0 aliphatic carbocycles. The summed E-state index contributed by atoms with van der Waals surface area (Å²) in [6.07, 6.45) is 0.947. The van der Waals surface area contributed by atoms with Crippen molar-refractivity contribution in [3.05, 3.63) is 54.3 Å². The molecule has 0 saturated carbocycles. The molecule has 0 saturated heterocycles. The first-order valence-electron chi connectivity index (χ1n) is 7.37. The van der Waals surface area contributed by atoms with Gasteiger partial charge in [-0.2, -0.15) is 10.2 Å². The smallest absolute Gasteiger partial charge is 0.342 e. The molecule has 0 spiro atoms. The number of benzene rings is 1. The van der Waals surface area contributed by atoms with Crippen LogP contribution in [0.3, 0.4) is 0 Å². The Hall–Kier alpha value is -4.03. The van der Waals surface area contributed by atoms with Crippen LogP contribution in [0.1, 0.15) is 17.7 Å². The van der Waals surface area contributed by atoms with Gasteiger partial charge in [-0.15, -0.1) is 0 Å². The van der Waals surface area contributed by atoms with E-state index in [2.05, 4.69) is 15.6 Å². The number of methoxy groups -OCH3 is 1. The van der Waals surface area contributed by atoms with Crippen molar-refractivity contribution in [3.63, 3.8) is 0 Å². The molecule has 1 aromatic heterocycles. The summed E-state index contributed by atoms with van der Waals surface area (Å²) in [5, 5.41) is 29.8. The first kappa shape index (κ1) is 19.3. The lowest BCUT2D eigenvalue weighted by Gasteiger charge is -2.05. The lowest BCUT2D eigenvalue weighted by atomic mass is 10.2. The minimum absolute atomic E-state index is 0.0207. The molecule has 0 bridgehead atoms. The fourth-order valence-electron chi connectivity index (χ4n) is 1.99. The number of phenolic OH excluding ortho intramolecular Hbond substituents is 1.